The highest BCUT2D eigenvalue weighted by Gasteiger charge is 2.42. The van der Waals surface area contributed by atoms with Crippen LogP contribution in [0.25, 0.3) is 0 Å². The van der Waals surface area contributed by atoms with Gasteiger partial charge in [0.2, 0.25) is 0 Å². The van der Waals surface area contributed by atoms with E-state index >= 15 is 0 Å². The normalized spacial score (nSPS) is 17.1. The van der Waals surface area contributed by atoms with Crippen molar-refractivity contribution in [3.05, 3.63) is 65.2 Å². The molecule has 0 spiro atoms. The lowest BCUT2D eigenvalue weighted by atomic mass is 10.0. The SMILES string of the molecule is Cc1c(CN)cccc1N1C(=O)NN(C(N)=O)C1c1ccccc1. The molecule has 1 saturated heterocycles. The van der Waals surface area contributed by atoms with Gasteiger partial charge < -0.3 is 11.5 Å². The molecule has 1 unspecified atom stereocenters. The number of rotatable bonds is 3. The predicted molar refractivity (Wildman–Crippen MR) is 90.7 cm³/mol. The molecule has 2 aromatic carbocycles. The predicted octanol–water partition coefficient (Wildman–Crippen LogP) is 1.98. The summed E-state index contributed by atoms with van der Waals surface area (Å²) in [6.45, 7) is 2.27. The van der Waals surface area contributed by atoms with Gasteiger partial charge in [-0.3, -0.25) is 4.90 Å². The molecule has 1 fully saturated rings. The fraction of sp³-hybridized carbons (Fsp3) is 0.176. The monoisotopic (exact) mass is 325 g/mol. The van der Waals surface area contributed by atoms with Gasteiger partial charge in [-0.15, -0.1) is 0 Å². The van der Waals surface area contributed by atoms with Crippen LogP contribution >= 0.6 is 0 Å². The quantitative estimate of drug-likeness (QED) is 0.803. The Balaban J connectivity index is 2.14. The topological polar surface area (TPSA) is 105 Å². The van der Waals surface area contributed by atoms with Crippen LogP contribution in [-0.2, 0) is 6.54 Å². The molecule has 2 aromatic rings. The summed E-state index contributed by atoms with van der Waals surface area (Å²) >= 11 is 0. The minimum Gasteiger partial charge on any atom is -0.350 e. The Hall–Kier alpha value is -3.06. The number of hydrogen-bond acceptors (Lipinski definition) is 3. The Morgan fingerprint density at radius 3 is 2.50 bits per heavy atom. The standard InChI is InChI=1S/C17H19N5O2/c1-11-13(10-18)8-5-9-14(11)21-15(12-6-3-2-4-7-12)22(16(19)23)20-17(21)24/h2-9,15H,10,18H2,1H3,(H2,19,23)(H,20,24). The van der Waals surface area contributed by atoms with Crippen LogP contribution in [0.1, 0.15) is 22.9 Å². The molecular weight excluding hydrogens is 306 g/mol. The third kappa shape index (κ3) is 2.55. The first-order chi connectivity index (χ1) is 11.5. The maximum atomic E-state index is 12.6. The van der Waals surface area contributed by atoms with Crippen LogP contribution in [0.3, 0.4) is 0 Å². The van der Waals surface area contributed by atoms with Crippen LogP contribution in [0.15, 0.2) is 48.5 Å². The minimum absolute atomic E-state index is 0.366. The van der Waals surface area contributed by atoms with Crippen molar-refractivity contribution in [1.29, 1.82) is 0 Å². The Labute approximate surface area is 139 Å². The number of hydrogen-bond donors (Lipinski definition) is 3. The summed E-state index contributed by atoms with van der Waals surface area (Å²) in [6, 6.07) is 13.7. The number of nitrogens with zero attached hydrogens (tertiary/aromatic N) is 2. The molecule has 1 atom stereocenters. The molecule has 5 N–H and O–H groups in total. The second-order valence-electron chi connectivity index (χ2n) is 5.54. The molecule has 7 nitrogen and oxygen atoms in total. The van der Waals surface area contributed by atoms with Gasteiger partial charge in [-0.25, -0.2) is 20.0 Å². The van der Waals surface area contributed by atoms with Crippen LogP contribution in [0.2, 0.25) is 0 Å². The van der Waals surface area contributed by atoms with Gasteiger partial charge in [0.1, 0.15) is 0 Å². The van der Waals surface area contributed by atoms with Crippen molar-refractivity contribution in [2.75, 3.05) is 4.90 Å². The fourth-order valence-electron chi connectivity index (χ4n) is 2.94. The second-order valence-corrected chi connectivity index (χ2v) is 5.54. The lowest BCUT2D eigenvalue weighted by Gasteiger charge is -2.28. The number of amides is 4. The van der Waals surface area contributed by atoms with E-state index in [0.29, 0.717) is 12.2 Å². The lowest BCUT2D eigenvalue weighted by molar-refractivity contribution is 0.179. The molecule has 0 aliphatic carbocycles. The van der Waals surface area contributed by atoms with Gasteiger partial charge in [0.05, 0.1) is 5.69 Å². The van der Waals surface area contributed by atoms with Gasteiger partial charge in [-0.05, 0) is 29.7 Å². The molecule has 4 amide bonds. The summed E-state index contributed by atoms with van der Waals surface area (Å²) in [6.07, 6.45) is -0.664. The van der Waals surface area contributed by atoms with Crippen LogP contribution in [-0.4, -0.2) is 17.1 Å². The first-order valence-corrected chi connectivity index (χ1v) is 7.56. The molecule has 0 saturated carbocycles. The summed E-state index contributed by atoms with van der Waals surface area (Å²) < 4.78 is 0. The first-order valence-electron chi connectivity index (χ1n) is 7.56. The average Bonchev–Trinajstić information content (AvgIpc) is 2.93. The highest BCUT2D eigenvalue weighted by atomic mass is 16.2. The maximum Gasteiger partial charge on any atom is 0.342 e. The fourth-order valence-corrected chi connectivity index (χ4v) is 2.94. The Morgan fingerprint density at radius 1 is 1.17 bits per heavy atom. The molecule has 7 heteroatoms. The molecule has 24 heavy (non-hydrogen) atoms. The highest BCUT2D eigenvalue weighted by Crippen LogP contribution is 2.36. The molecule has 1 aliphatic heterocycles. The molecule has 124 valence electrons. The van der Waals surface area contributed by atoms with Gasteiger partial charge in [0.15, 0.2) is 6.17 Å². The van der Waals surface area contributed by atoms with Crippen LogP contribution < -0.4 is 21.8 Å². The third-order valence-corrected chi connectivity index (χ3v) is 4.16. The average molecular weight is 325 g/mol. The van der Waals surface area contributed by atoms with E-state index in [4.69, 9.17) is 11.5 Å². The number of primary amides is 1. The Kier molecular flexibility index (Phi) is 4.09. The van der Waals surface area contributed by atoms with E-state index in [-0.39, 0.29) is 0 Å². The zero-order chi connectivity index (χ0) is 17.3. The first kappa shape index (κ1) is 15.8. The second kappa shape index (κ2) is 6.21. The van der Waals surface area contributed by atoms with E-state index in [1.807, 2.05) is 55.5 Å². The van der Waals surface area contributed by atoms with Gasteiger partial charge in [0.25, 0.3) is 0 Å². The van der Waals surface area contributed by atoms with Crippen molar-refractivity contribution < 1.29 is 9.59 Å². The van der Waals surface area contributed by atoms with E-state index < -0.39 is 18.2 Å². The number of carbonyl (C=O) groups is 2. The zero-order valence-electron chi connectivity index (χ0n) is 13.3. The smallest absolute Gasteiger partial charge is 0.342 e. The van der Waals surface area contributed by atoms with E-state index in [1.54, 1.807) is 0 Å². The summed E-state index contributed by atoms with van der Waals surface area (Å²) in [5.74, 6) is 0. The number of nitrogens with two attached hydrogens (primary N) is 2. The number of carbonyl (C=O) groups excluding carboxylic acids is 2. The van der Waals surface area contributed by atoms with Crippen LogP contribution in [0.4, 0.5) is 15.3 Å². The van der Waals surface area contributed by atoms with E-state index in [1.165, 1.54) is 4.90 Å². The van der Waals surface area contributed by atoms with Crippen molar-refractivity contribution in [1.82, 2.24) is 10.4 Å². The molecule has 1 aliphatic rings. The van der Waals surface area contributed by atoms with Gasteiger partial charge >= 0.3 is 12.1 Å². The zero-order valence-corrected chi connectivity index (χ0v) is 13.3. The third-order valence-electron chi connectivity index (χ3n) is 4.16. The summed E-state index contributed by atoms with van der Waals surface area (Å²) in [4.78, 5) is 25.9. The Morgan fingerprint density at radius 2 is 1.88 bits per heavy atom. The molecule has 0 bridgehead atoms. The van der Waals surface area contributed by atoms with E-state index in [9.17, 15) is 9.59 Å². The van der Waals surface area contributed by atoms with Crippen molar-refractivity contribution in [2.24, 2.45) is 11.5 Å². The summed E-state index contributed by atoms with van der Waals surface area (Å²) in [5, 5.41) is 1.13. The van der Waals surface area contributed by atoms with E-state index in [2.05, 4.69) is 5.43 Å². The molecule has 0 radical (unpaired) electrons. The number of benzene rings is 2. The van der Waals surface area contributed by atoms with Gasteiger partial charge in [-0.2, -0.15) is 0 Å². The molecule has 0 aromatic heterocycles. The van der Waals surface area contributed by atoms with Crippen LogP contribution in [0, 0.1) is 6.92 Å². The van der Waals surface area contributed by atoms with E-state index in [0.717, 1.165) is 21.7 Å². The Bertz CT molecular complexity index is 778. The molecular formula is C17H19N5O2. The lowest BCUT2D eigenvalue weighted by Crippen LogP contribution is -2.43. The van der Waals surface area contributed by atoms with Crippen molar-refractivity contribution >= 4 is 17.7 Å². The number of urea groups is 2. The number of hydrazine groups is 1. The molecule has 3 rings (SSSR count). The highest BCUT2D eigenvalue weighted by molar-refractivity contribution is 5.98. The van der Waals surface area contributed by atoms with Gasteiger partial charge in [0, 0.05) is 6.54 Å². The largest absolute Gasteiger partial charge is 0.350 e. The van der Waals surface area contributed by atoms with Crippen molar-refractivity contribution in [3.63, 3.8) is 0 Å². The molecule has 1 heterocycles. The summed E-state index contributed by atoms with van der Waals surface area (Å²) in [5.41, 5.74) is 17.0. The number of nitrogens with one attached hydrogen (secondary N) is 1. The van der Waals surface area contributed by atoms with Crippen LogP contribution in [0.5, 0.6) is 0 Å². The van der Waals surface area contributed by atoms with Gasteiger partial charge in [-0.1, -0.05) is 42.5 Å². The van der Waals surface area contributed by atoms with Crippen molar-refractivity contribution in [3.8, 4) is 0 Å². The maximum absolute atomic E-state index is 12.6. The number of anilines is 1. The summed E-state index contributed by atoms with van der Waals surface area (Å²) in [7, 11) is 0. The van der Waals surface area contributed by atoms with Crippen molar-refractivity contribution in [2.45, 2.75) is 19.6 Å². The minimum atomic E-state index is -0.729.